The Morgan fingerprint density at radius 3 is 3.00 bits per heavy atom. The van der Waals surface area contributed by atoms with Gasteiger partial charge in [0.05, 0.1) is 5.69 Å². The van der Waals surface area contributed by atoms with Crippen molar-refractivity contribution in [1.29, 1.82) is 0 Å². The highest BCUT2D eigenvalue weighted by Crippen LogP contribution is 2.20. The fraction of sp³-hybridized carbons (Fsp3) is 0.667. The van der Waals surface area contributed by atoms with Crippen LogP contribution in [-0.4, -0.2) is 12.1 Å². The first-order valence-corrected chi connectivity index (χ1v) is 5.13. The molecule has 1 heterocycles. The summed E-state index contributed by atoms with van der Waals surface area (Å²) in [5, 5.41) is 3.20. The Hall–Kier alpha value is -0.410. The minimum Gasteiger partial charge on any atom is -0.375 e. The Balaban J connectivity index is 2.63. The maximum Gasteiger partial charge on any atom is 0.121 e. The number of aromatic nitrogens is 1. The topological polar surface area (TPSA) is 22.1 Å². The van der Waals surface area contributed by atoms with Gasteiger partial charge in [-0.2, -0.15) is 0 Å². The lowest BCUT2D eigenvalue weighted by molar-refractivity contribution is 0.119. The van der Waals surface area contributed by atoms with Crippen LogP contribution in [-0.2, 0) is 11.2 Å². The van der Waals surface area contributed by atoms with Crippen LogP contribution in [0.15, 0.2) is 5.38 Å². The minimum atomic E-state index is 0.139. The summed E-state index contributed by atoms with van der Waals surface area (Å²) >= 11 is 1.69. The predicted octanol–water partition coefficient (Wildman–Crippen LogP) is 2.80. The number of hydrogen-bond acceptors (Lipinski definition) is 3. The van der Waals surface area contributed by atoms with Crippen LogP contribution in [0.5, 0.6) is 0 Å². The maximum atomic E-state index is 5.18. The Bertz CT molecular complexity index is 234. The van der Waals surface area contributed by atoms with E-state index in [0.29, 0.717) is 0 Å². The summed E-state index contributed by atoms with van der Waals surface area (Å²) in [6, 6.07) is 0. The van der Waals surface area contributed by atoms with Crippen LogP contribution in [0, 0.1) is 0 Å². The first-order chi connectivity index (χ1) is 5.77. The molecule has 2 nitrogen and oxygen atoms in total. The second kappa shape index (κ2) is 4.58. The molecule has 0 bridgehead atoms. The highest BCUT2D eigenvalue weighted by molar-refractivity contribution is 7.09. The molecule has 1 rings (SSSR count). The smallest absolute Gasteiger partial charge is 0.121 e. The van der Waals surface area contributed by atoms with Crippen LogP contribution in [0.2, 0.25) is 0 Å². The Morgan fingerprint density at radius 1 is 1.67 bits per heavy atom. The third-order valence-corrected chi connectivity index (χ3v) is 2.83. The maximum absolute atomic E-state index is 5.18. The van der Waals surface area contributed by atoms with Crippen molar-refractivity contribution in [2.75, 3.05) is 7.11 Å². The van der Waals surface area contributed by atoms with Gasteiger partial charge in [-0.15, -0.1) is 11.3 Å². The molecule has 0 aliphatic carbocycles. The Morgan fingerprint density at radius 2 is 2.42 bits per heavy atom. The number of thiazole rings is 1. The van der Waals surface area contributed by atoms with Crippen LogP contribution in [0.25, 0.3) is 0 Å². The van der Waals surface area contributed by atoms with Crippen LogP contribution in [0.1, 0.15) is 37.1 Å². The molecule has 0 spiro atoms. The molecule has 0 N–H and O–H groups in total. The molecule has 1 aromatic heterocycles. The number of methoxy groups -OCH3 is 1. The quantitative estimate of drug-likeness (QED) is 0.719. The highest BCUT2D eigenvalue weighted by atomic mass is 32.1. The Labute approximate surface area is 77.6 Å². The molecule has 12 heavy (non-hydrogen) atoms. The van der Waals surface area contributed by atoms with E-state index >= 15 is 0 Å². The molecule has 0 amide bonds. The normalized spacial score (nSPS) is 13.2. The van der Waals surface area contributed by atoms with E-state index in [1.165, 1.54) is 5.69 Å². The molecule has 0 fully saturated rings. The first kappa shape index (κ1) is 9.68. The molecule has 0 radical (unpaired) electrons. The summed E-state index contributed by atoms with van der Waals surface area (Å²) in [6.07, 6.45) is 2.37. The molecule has 0 aliphatic rings. The Kier molecular flexibility index (Phi) is 3.69. The lowest BCUT2D eigenvalue weighted by Gasteiger charge is -2.03. The van der Waals surface area contributed by atoms with Crippen molar-refractivity contribution < 1.29 is 4.74 Å². The minimum absolute atomic E-state index is 0.139. The van der Waals surface area contributed by atoms with Crippen LogP contribution < -0.4 is 0 Å². The SMILES string of the molecule is CCCc1csc(C(C)OC)n1. The number of hydrogen-bond donors (Lipinski definition) is 0. The summed E-state index contributed by atoms with van der Waals surface area (Å²) in [5.41, 5.74) is 1.20. The zero-order valence-corrected chi connectivity index (χ0v) is 8.65. The average molecular weight is 185 g/mol. The lowest BCUT2D eigenvalue weighted by atomic mass is 10.3. The summed E-state index contributed by atoms with van der Waals surface area (Å²) in [6.45, 7) is 4.19. The molecular formula is C9H15NOS. The van der Waals surface area contributed by atoms with Crippen molar-refractivity contribution in [2.24, 2.45) is 0 Å². The van der Waals surface area contributed by atoms with Gasteiger partial charge in [-0.3, -0.25) is 0 Å². The summed E-state index contributed by atoms with van der Waals surface area (Å²) in [4.78, 5) is 4.46. The fourth-order valence-electron chi connectivity index (χ4n) is 0.981. The molecule has 1 unspecified atom stereocenters. The molecule has 1 aromatic rings. The summed E-state index contributed by atoms with van der Waals surface area (Å²) in [7, 11) is 1.71. The second-order valence-electron chi connectivity index (χ2n) is 2.81. The van der Waals surface area contributed by atoms with Gasteiger partial charge in [-0.25, -0.2) is 4.98 Å². The molecule has 0 saturated carbocycles. The number of aryl methyl sites for hydroxylation is 1. The molecule has 0 aromatic carbocycles. The van der Waals surface area contributed by atoms with Gasteiger partial charge in [0.15, 0.2) is 0 Å². The number of ether oxygens (including phenoxy) is 1. The molecule has 3 heteroatoms. The van der Waals surface area contributed by atoms with Gasteiger partial charge in [-0.05, 0) is 13.3 Å². The molecule has 68 valence electrons. The molecular weight excluding hydrogens is 170 g/mol. The molecule has 0 aliphatic heterocycles. The monoisotopic (exact) mass is 185 g/mol. The average Bonchev–Trinajstić information content (AvgIpc) is 2.52. The summed E-state index contributed by atoms with van der Waals surface area (Å²) < 4.78 is 5.18. The first-order valence-electron chi connectivity index (χ1n) is 4.25. The van der Waals surface area contributed by atoms with Crippen molar-refractivity contribution in [3.63, 3.8) is 0 Å². The van der Waals surface area contributed by atoms with Crippen LogP contribution in [0.4, 0.5) is 0 Å². The second-order valence-corrected chi connectivity index (χ2v) is 3.69. The van der Waals surface area contributed by atoms with Gasteiger partial charge < -0.3 is 4.74 Å². The van der Waals surface area contributed by atoms with Crippen molar-refractivity contribution in [3.8, 4) is 0 Å². The third-order valence-electron chi connectivity index (χ3n) is 1.78. The predicted molar refractivity (Wildman–Crippen MR) is 51.5 cm³/mol. The van der Waals surface area contributed by atoms with E-state index in [1.807, 2.05) is 6.92 Å². The van der Waals surface area contributed by atoms with Crippen molar-refractivity contribution in [1.82, 2.24) is 4.98 Å². The standard InChI is InChI=1S/C9H15NOS/c1-4-5-8-6-12-9(10-8)7(2)11-3/h6-7H,4-5H2,1-3H3. The van der Waals surface area contributed by atoms with Gasteiger partial charge in [0.25, 0.3) is 0 Å². The molecule has 0 saturated heterocycles. The van der Waals surface area contributed by atoms with E-state index in [9.17, 15) is 0 Å². The van der Waals surface area contributed by atoms with E-state index in [2.05, 4.69) is 17.3 Å². The van der Waals surface area contributed by atoms with E-state index in [1.54, 1.807) is 18.4 Å². The van der Waals surface area contributed by atoms with Crippen molar-refractivity contribution in [2.45, 2.75) is 32.8 Å². The molecule has 1 atom stereocenters. The van der Waals surface area contributed by atoms with Gasteiger partial charge in [0, 0.05) is 12.5 Å². The van der Waals surface area contributed by atoms with Gasteiger partial charge in [-0.1, -0.05) is 13.3 Å². The largest absolute Gasteiger partial charge is 0.375 e. The van der Waals surface area contributed by atoms with E-state index in [4.69, 9.17) is 4.74 Å². The van der Waals surface area contributed by atoms with Crippen molar-refractivity contribution >= 4 is 11.3 Å². The summed E-state index contributed by atoms with van der Waals surface area (Å²) in [5.74, 6) is 0. The highest BCUT2D eigenvalue weighted by Gasteiger charge is 2.08. The van der Waals surface area contributed by atoms with Crippen molar-refractivity contribution in [3.05, 3.63) is 16.1 Å². The zero-order chi connectivity index (χ0) is 8.97. The van der Waals surface area contributed by atoms with Gasteiger partial charge >= 0.3 is 0 Å². The van der Waals surface area contributed by atoms with Gasteiger partial charge in [0.2, 0.25) is 0 Å². The number of rotatable bonds is 4. The third kappa shape index (κ3) is 2.29. The number of nitrogens with zero attached hydrogens (tertiary/aromatic N) is 1. The zero-order valence-electron chi connectivity index (χ0n) is 7.83. The lowest BCUT2D eigenvalue weighted by Crippen LogP contribution is -1.95. The van der Waals surface area contributed by atoms with Gasteiger partial charge in [0.1, 0.15) is 11.1 Å². The van der Waals surface area contributed by atoms with Crippen LogP contribution in [0.3, 0.4) is 0 Å². The fourth-order valence-corrected chi connectivity index (χ4v) is 1.87. The van der Waals surface area contributed by atoms with E-state index < -0.39 is 0 Å². The van der Waals surface area contributed by atoms with Crippen LogP contribution >= 0.6 is 11.3 Å². The van der Waals surface area contributed by atoms with E-state index in [0.717, 1.165) is 17.8 Å². The van der Waals surface area contributed by atoms with E-state index in [-0.39, 0.29) is 6.10 Å².